The molecule has 2 fully saturated rings. The third-order valence-corrected chi connectivity index (χ3v) is 4.33. The van der Waals surface area contributed by atoms with Gasteiger partial charge in [-0.25, -0.2) is 4.79 Å². The van der Waals surface area contributed by atoms with Gasteiger partial charge in [-0.05, 0) is 68.7 Å². The quantitative estimate of drug-likeness (QED) is 0.778. The molecule has 102 valence electrons. The summed E-state index contributed by atoms with van der Waals surface area (Å²) in [5, 5.41) is 0. The Balaban J connectivity index is 1.61. The number of hydrogen-bond donors (Lipinski definition) is 0. The summed E-state index contributed by atoms with van der Waals surface area (Å²) in [6.07, 6.45) is 5.62. The largest absolute Gasteiger partial charge is 0.490 e. The summed E-state index contributed by atoms with van der Waals surface area (Å²) in [4.78, 5) is 11.5. The fourth-order valence-electron chi connectivity index (χ4n) is 3.39. The van der Waals surface area contributed by atoms with E-state index in [1.54, 1.807) is 12.1 Å². The van der Waals surface area contributed by atoms with Crippen LogP contribution < -0.4 is 4.74 Å². The maximum Gasteiger partial charge on any atom is 0.338 e. The Kier molecular flexibility index (Phi) is 3.45. The molecular weight excluding hydrogens is 240 g/mol. The van der Waals surface area contributed by atoms with Gasteiger partial charge < -0.3 is 9.47 Å². The molecule has 0 heterocycles. The van der Waals surface area contributed by atoms with Crippen molar-refractivity contribution in [3.8, 4) is 5.75 Å². The first-order valence-corrected chi connectivity index (χ1v) is 7.20. The average molecular weight is 260 g/mol. The maximum absolute atomic E-state index is 11.5. The molecule has 3 atom stereocenters. The van der Waals surface area contributed by atoms with Crippen LogP contribution in [0, 0.1) is 11.8 Å². The van der Waals surface area contributed by atoms with Crippen molar-refractivity contribution in [2.24, 2.45) is 11.8 Å². The molecule has 0 aliphatic heterocycles. The topological polar surface area (TPSA) is 35.5 Å². The van der Waals surface area contributed by atoms with E-state index in [9.17, 15) is 4.79 Å². The predicted molar refractivity (Wildman–Crippen MR) is 72.3 cm³/mol. The summed E-state index contributed by atoms with van der Waals surface area (Å²) >= 11 is 0. The highest BCUT2D eigenvalue weighted by Crippen LogP contribution is 2.45. The second-order valence-electron chi connectivity index (χ2n) is 5.58. The van der Waals surface area contributed by atoms with Crippen LogP contribution in [0.3, 0.4) is 0 Å². The molecule has 1 aromatic rings. The number of esters is 1. The van der Waals surface area contributed by atoms with Gasteiger partial charge in [-0.2, -0.15) is 0 Å². The standard InChI is InChI=1S/C16H20O3/c1-2-18-16(17)12-5-7-14(8-6-12)19-15-10-11-3-4-13(15)9-11/h5-8,11,13,15H,2-4,9-10H2,1H3/t11-,13+,15+/m0/s1. The minimum Gasteiger partial charge on any atom is -0.490 e. The highest BCUT2D eigenvalue weighted by molar-refractivity contribution is 5.89. The monoisotopic (exact) mass is 260 g/mol. The fourth-order valence-corrected chi connectivity index (χ4v) is 3.39. The molecule has 2 aliphatic carbocycles. The molecule has 19 heavy (non-hydrogen) atoms. The van der Waals surface area contributed by atoms with Gasteiger partial charge in [0.25, 0.3) is 0 Å². The fraction of sp³-hybridized carbons (Fsp3) is 0.562. The van der Waals surface area contributed by atoms with Crippen LogP contribution in [0.4, 0.5) is 0 Å². The van der Waals surface area contributed by atoms with E-state index in [-0.39, 0.29) is 5.97 Å². The third-order valence-electron chi connectivity index (χ3n) is 4.33. The number of benzene rings is 1. The highest BCUT2D eigenvalue weighted by Gasteiger charge is 2.40. The van der Waals surface area contributed by atoms with E-state index in [1.807, 2.05) is 19.1 Å². The van der Waals surface area contributed by atoms with Crippen molar-refractivity contribution in [1.82, 2.24) is 0 Å². The number of fused-ring (bicyclic) bond motifs is 2. The summed E-state index contributed by atoms with van der Waals surface area (Å²) in [6.45, 7) is 2.22. The van der Waals surface area contributed by atoms with Crippen molar-refractivity contribution in [2.75, 3.05) is 6.61 Å². The van der Waals surface area contributed by atoms with Gasteiger partial charge in [-0.3, -0.25) is 0 Å². The summed E-state index contributed by atoms with van der Waals surface area (Å²) in [6, 6.07) is 7.30. The lowest BCUT2D eigenvalue weighted by Gasteiger charge is -2.23. The van der Waals surface area contributed by atoms with E-state index >= 15 is 0 Å². The zero-order chi connectivity index (χ0) is 13.2. The van der Waals surface area contributed by atoms with Crippen LogP contribution in [0.25, 0.3) is 0 Å². The van der Waals surface area contributed by atoms with Gasteiger partial charge in [-0.1, -0.05) is 0 Å². The van der Waals surface area contributed by atoms with Crippen LogP contribution in [0.5, 0.6) is 5.75 Å². The van der Waals surface area contributed by atoms with Crippen LogP contribution in [0.1, 0.15) is 43.0 Å². The molecule has 0 amide bonds. The molecule has 3 rings (SSSR count). The van der Waals surface area contributed by atoms with Crippen LogP contribution in [-0.4, -0.2) is 18.7 Å². The van der Waals surface area contributed by atoms with Gasteiger partial charge in [-0.15, -0.1) is 0 Å². The maximum atomic E-state index is 11.5. The second kappa shape index (κ2) is 5.24. The number of hydrogen-bond acceptors (Lipinski definition) is 3. The Bertz CT molecular complexity index is 452. The van der Waals surface area contributed by atoms with Gasteiger partial charge >= 0.3 is 5.97 Å². The molecule has 0 radical (unpaired) electrons. The smallest absolute Gasteiger partial charge is 0.338 e. The van der Waals surface area contributed by atoms with Crippen molar-refractivity contribution in [2.45, 2.75) is 38.7 Å². The lowest BCUT2D eigenvalue weighted by molar-refractivity contribution is 0.0526. The van der Waals surface area contributed by atoms with E-state index in [1.165, 1.54) is 25.7 Å². The third kappa shape index (κ3) is 2.60. The van der Waals surface area contributed by atoms with Crippen LogP contribution >= 0.6 is 0 Å². The summed E-state index contributed by atoms with van der Waals surface area (Å²) < 4.78 is 11.0. The minimum absolute atomic E-state index is 0.269. The Labute approximate surface area is 113 Å². The van der Waals surface area contributed by atoms with E-state index < -0.39 is 0 Å². The predicted octanol–water partition coefficient (Wildman–Crippen LogP) is 3.43. The molecule has 3 heteroatoms. The van der Waals surface area contributed by atoms with Crippen LogP contribution in [-0.2, 0) is 4.74 Å². The summed E-state index contributed by atoms with van der Waals surface area (Å²) in [5.41, 5.74) is 0.585. The first-order valence-electron chi connectivity index (χ1n) is 7.20. The van der Waals surface area contributed by atoms with Crippen LogP contribution in [0.2, 0.25) is 0 Å². The van der Waals surface area contributed by atoms with Crippen molar-refractivity contribution in [3.05, 3.63) is 29.8 Å². The molecule has 2 saturated carbocycles. The molecule has 0 saturated heterocycles. The zero-order valence-electron chi connectivity index (χ0n) is 11.3. The van der Waals surface area contributed by atoms with Gasteiger partial charge in [0, 0.05) is 0 Å². The second-order valence-corrected chi connectivity index (χ2v) is 5.58. The van der Waals surface area contributed by atoms with E-state index in [4.69, 9.17) is 9.47 Å². The van der Waals surface area contributed by atoms with Crippen molar-refractivity contribution < 1.29 is 14.3 Å². The summed E-state index contributed by atoms with van der Waals surface area (Å²) in [7, 11) is 0. The first kappa shape index (κ1) is 12.5. The Morgan fingerprint density at radius 1 is 1.21 bits per heavy atom. The molecule has 3 nitrogen and oxygen atoms in total. The highest BCUT2D eigenvalue weighted by atomic mass is 16.5. The molecule has 0 unspecified atom stereocenters. The van der Waals surface area contributed by atoms with Crippen molar-refractivity contribution in [3.63, 3.8) is 0 Å². The average Bonchev–Trinajstić information content (AvgIpc) is 3.02. The molecule has 0 aromatic heterocycles. The van der Waals surface area contributed by atoms with Gasteiger partial charge in [0.15, 0.2) is 0 Å². The Hall–Kier alpha value is -1.51. The van der Waals surface area contributed by atoms with E-state index in [0.717, 1.165) is 17.6 Å². The van der Waals surface area contributed by atoms with Crippen molar-refractivity contribution in [1.29, 1.82) is 0 Å². The van der Waals surface area contributed by atoms with E-state index in [2.05, 4.69) is 0 Å². The number of ether oxygens (including phenoxy) is 2. The number of carbonyl (C=O) groups is 1. The Morgan fingerprint density at radius 2 is 2.00 bits per heavy atom. The normalized spacial score (nSPS) is 28.4. The lowest BCUT2D eigenvalue weighted by atomic mass is 9.98. The van der Waals surface area contributed by atoms with Gasteiger partial charge in [0.05, 0.1) is 12.2 Å². The van der Waals surface area contributed by atoms with E-state index in [0.29, 0.717) is 18.3 Å². The number of rotatable bonds is 4. The zero-order valence-corrected chi connectivity index (χ0v) is 11.3. The molecule has 2 bridgehead atoms. The van der Waals surface area contributed by atoms with Gasteiger partial charge in [0.2, 0.25) is 0 Å². The SMILES string of the molecule is CCOC(=O)c1ccc(O[C@@H]2C[C@H]3CC[C@@H]2C3)cc1. The van der Waals surface area contributed by atoms with Crippen molar-refractivity contribution >= 4 is 5.97 Å². The minimum atomic E-state index is -0.269. The molecule has 1 aromatic carbocycles. The lowest BCUT2D eigenvalue weighted by Crippen LogP contribution is -2.23. The molecule has 0 spiro atoms. The Morgan fingerprint density at radius 3 is 2.58 bits per heavy atom. The van der Waals surface area contributed by atoms with Gasteiger partial charge in [0.1, 0.15) is 11.9 Å². The molecule has 2 aliphatic rings. The molecule has 0 N–H and O–H groups in total. The number of carbonyl (C=O) groups excluding carboxylic acids is 1. The first-order chi connectivity index (χ1) is 9.26. The van der Waals surface area contributed by atoms with Crippen LogP contribution in [0.15, 0.2) is 24.3 Å². The molecular formula is C16H20O3. The summed E-state index contributed by atoms with van der Waals surface area (Å²) in [5.74, 6) is 2.23.